The topological polar surface area (TPSA) is 121 Å². The van der Waals surface area contributed by atoms with Crippen molar-refractivity contribution in [3.8, 4) is 89.0 Å². The lowest BCUT2D eigenvalue weighted by atomic mass is 9.92. The molecule has 0 spiro atoms. The fourth-order valence-corrected chi connectivity index (χ4v) is 26.4. The van der Waals surface area contributed by atoms with Gasteiger partial charge in [0.25, 0.3) is 0 Å². The molecule has 0 bridgehead atoms. The Morgan fingerprint density at radius 3 is 0.986 bits per heavy atom. The van der Waals surface area contributed by atoms with Crippen LogP contribution in [0.25, 0.3) is 242 Å². The van der Waals surface area contributed by atoms with Crippen molar-refractivity contribution < 1.29 is 0 Å². The fraction of sp³-hybridized carbons (Fsp3) is 0.0625. The molecule has 28 aromatic rings. The van der Waals surface area contributed by atoms with Gasteiger partial charge in [0.1, 0.15) is 22.6 Å². The van der Waals surface area contributed by atoms with Gasteiger partial charge >= 0.3 is 0 Å². The lowest BCUT2D eigenvalue weighted by Gasteiger charge is -2.13. The summed E-state index contributed by atoms with van der Waals surface area (Å²) in [4.78, 5) is 38.6. The third-order valence-corrected chi connectivity index (χ3v) is 32.3. The van der Waals surface area contributed by atoms with Crippen molar-refractivity contribution >= 4 is 153 Å². The van der Waals surface area contributed by atoms with Crippen molar-refractivity contribution in [3.05, 3.63) is 454 Å². The molecule has 0 amide bonds. The second-order valence-corrected chi connectivity index (χ2v) is 39.4. The highest BCUT2D eigenvalue weighted by Crippen LogP contribution is 2.57. The zero-order valence-corrected chi connectivity index (χ0v) is 75.7. The number of fused-ring (bicyclic) bond motifs is 60. The van der Waals surface area contributed by atoms with Gasteiger partial charge < -0.3 is 0 Å². The maximum Gasteiger partial charge on any atom is 0.147 e. The first-order chi connectivity index (χ1) is 69.4. The molecule has 0 N–H and O–H groups in total. The summed E-state index contributed by atoms with van der Waals surface area (Å²) in [5, 5.41) is 14.5. The number of hydrogen-bond donors (Lipinski definition) is 0. The Bertz CT molecular complexity index is 10700. The van der Waals surface area contributed by atoms with Crippen molar-refractivity contribution in [3.63, 3.8) is 0 Å². The first-order valence-electron chi connectivity index (χ1n) is 48.7. The van der Waals surface area contributed by atoms with Crippen LogP contribution in [0.2, 0.25) is 0 Å². The van der Waals surface area contributed by atoms with Crippen LogP contribution in [0.1, 0.15) is 89.0 Å². The molecule has 140 heavy (non-hydrogen) atoms. The summed E-state index contributed by atoms with van der Waals surface area (Å²) in [5.41, 5.74) is 62.4. The summed E-state index contributed by atoms with van der Waals surface area (Å²) in [7, 11) is 0. The molecule has 12 heteroatoms. The molecule has 0 radical (unpaired) electrons. The van der Waals surface area contributed by atoms with E-state index in [1.54, 1.807) is 0 Å². The molecule has 648 valence electrons. The monoisotopic (exact) mass is 1780 g/mol. The molecule has 0 aliphatic heterocycles. The van der Waals surface area contributed by atoms with Crippen LogP contribution < -0.4 is 0 Å². The van der Waals surface area contributed by atoms with E-state index in [-0.39, 0.29) is 0 Å². The van der Waals surface area contributed by atoms with Crippen molar-refractivity contribution in [2.75, 3.05) is 0 Å². The zero-order chi connectivity index (χ0) is 90.7. The van der Waals surface area contributed by atoms with Gasteiger partial charge in [0.05, 0.1) is 66.2 Å². The summed E-state index contributed by atoms with van der Waals surface area (Å²) in [6, 6.07) is 116. The molecule has 8 aliphatic rings. The van der Waals surface area contributed by atoms with Gasteiger partial charge in [-0.3, -0.25) is 37.5 Å². The number of aromatic nitrogens is 12. The summed E-state index contributed by atoms with van der Waals surface area (Å²) < 4.78 is 9.27. The number of hydrogen-bond acceptors (Lipinski definition) is 8. The lowest BCUT2D eigenvalue weighted by molar-refractivity contribution is 1.21. The van der Waals surface area contributed by atoms with E-state index in [2.05, 4.69) is 353 Å². The SMILES string of the molecule is c1ccc2c(c1)Cc1cc3c(cc1-2)-c1cc2c(cc1C3)c1cnccc1n1c3ccccc3nc21.c1ccc2c(c1)Cc1cc3c(cc1-2)Cc1ccc2c4cnccc4n4c5ccccc5nc4c2c1-3.c1ccc2c(c1)Cc1ccc3c(c1-2)-c1cc2c(cc1C3)c1cnccc1n1c3ccccc3nc21.c1ccc2c(c1)Cc1ccc3c(c1-2)Cc1ccc2c4cnccc4n4c5ccccc5nc4c2c1-3. The van der Waals surface area contributed by atoms with E-state index < -0.39 is 0 Å². The van der Waals surface area contributed by atoms with Crippen LogP contribution in [0.3, 0.4) is 0 Å². The Kier molecular flexibility index (Phi) is 15.0. The molecular weight excluding hydrogens is 1710 g/mol. The molecule has 12 aromatic heterocycles. The molecule has 0 atom stereocenters. The maximum atomic E-state index is 5.19. The highest BCUT2D eigenvalue weighted by Gasteiger charge is 2.36. The summed E-state index contributed by atoms with van der Waals surface area (Å²) >= 11 is 0. The van der Waals surface area contributed by atoms with E-state index in [1.165, 1.54) is 243 Å². The van der Waals surface area contributed by atoms with Gasteiger partial charge in [0.15, 0.2) is 0 Å². The van der Waals surface area contributed by atoms with Crippen LogP contribution in [0.4, 0.5) is 0 Å². The summed E-state index contributed by atoms with van der Waals surface area (Å²) in [6.45, 7) is 0. The minimum Gasteiger partial charge on any atom is -0.292 e. The van der Waals surface area contributed by atoms with Gasteiger partial charge in [0, 0.05) is 92.7 Å². The molecule has 0 unspecified atom stereocenters. The van der Waals surface area contributed by atoms with E-state index in [0.717, 1.165) is 140 Å². The largest absolute Gasteiger partial charge is 0.292 e. The predicted molar refractivity (Wildman–Crippen MR) is 568 cm³/mol. The third-order valence-electron chi connectivity index (χ3n) is 32.3. The smallest absolute Gasteiger partial charge is 0.147 e. The fourth-order valence-electron chi connectivity index (χ4n) is 26.4. The second-order valence-electron chi connectivity index (χ2n) is 39.4. The van der Waals surface area contributed by atoms with Crippen LogP contribution >= 0.6 is 0 Å². The summed E-state index contributed by atoms with van der Waals surface area (Å²) in [5.74, 6) is 0. The first-order valence-corrected chi connectivity index (χ1v) is 48.7. The van der Waals surface area contributed by atoms with Crippen LogP contribution in [0.5, 0.6) is 0 Å². The Morgan fingerprint density at radius 1 is 0.164 bits per heavy atom. The van der Waals surface area contributed by atoms with Gasteiger partial charge in [-0.1, -0.05) is 200 Å². The molecule has 36 rings (SSSR count). The van der Waals surface area contributed by atoms with Gasteiger partial charge in [-0.15, -0.1) is 0 Å². The summed E-state index contributed by atoms with van der Waals surface area (Å²) in [6.07, 6.45) is 23.5. The molecule has 8 aliphatic carbocycles. The van der Waals surface area contributed by atoms with Gasteiger partial charge in [-0.05, 0) is 366 Å². The van der Waals surface area contributed by atoms with Crippen LogP contribution in [-0.2, 0) is 51.4 Å². The number of para-hydroxylation sites is 8. The maximum absolute atomic E-state index is 5.19. The molecule has 12 heterocycles. The van der Waals surface area contributed by atoms with Crippen LogP contribution in [0.15, 0.2) is 365 Å². The van der Waals surface area contributed by atoms with Gasteiger partial charge in [-0.25, -0.2) is 19.9 Å². The third kappa shape index (κ3) is 10.3. The van der Waals surface area contributed by atoms with Crippen molar-refractivity contribution in [1.82, 2.24) is 57.5 Å². The first kappa shape index (κ1) is 75.3. The van der Waals surface area contributed by atoms with Crippen LogP contribution in [0, 0.1) is 0 Å². The predicted octanol–water partition coefficient (Wildman–Crippen LogP) is 29.3. The number of pyridine rings is 8. The Balaban J connectivity index is 0.0000000829. The minimum atomic E-state index is 0.966. The average Bonchev–Trinajstić information content (AvgIpc) is 1.49. The van der Waals surface area contributed by atoms with Gasteiger partial charge in [0.2, 0.25) is 0 Å². The Morgan fingerprint density at radius 2 is 0.471 bits per heavy atom. The highest BCUT2D eigenvalue weighted by molar-refractivity contribution is 6.23. The zero-order valence-electron chi connectivity index (χ0n) is 75.7. The highest BCUT2D eigenvalue weighted by atomic mass is 15.0. The quantitative estimate of drug-likeness (QED) is 0.138. The normalized spacial score (nSPS) is 13.5. The van der Waals surface area contributed by atoms with E-state index >= 15 is 0 Å². The van der Waals surface area contributed by atoms with Crippen molar-refractivity contribution in [2.45, 2.75) is 51.4 Å². The molecular formula is C128H76N12. The van der Waals surface area contributed by atoms with Crippen molar-refractivity contribution in [1.29, 1.82) is 0 Å². The van der Waals surface area contributed by atoms with E-state index in [1.807, 2.05) is 49.6 Å². The Labute approximate surface area is 799 Å². The molecule has 0 saturated carbocycles. The number of nitrogens with zero attached hydrogens (tertiary/aromatic N) is 12. The minimum absolute atomic E-state index is 0.966. The van der Waals surface area contributed by atoms with Gasteiger partial charge in [-0.2, -0.15) is 0 Å². The average molecular weight is 1780 g/mol. The number of rotatable bonds is 0. The van der Waals surface area contributed by atoms with E-state index in [0.29, 0.717) is 0 Å². The lowest BCUT2D eigenvalue weighted by Crippen LogP contribution is -1.94. The number of benzene rings is 16. The van der Waals surface area contributed by atoms with E-state index in [4.69, 9.17) is 19.9 Å². The van der Waals surface area contributed by atoms with Crippen molar-refractivity contribution in [2.24, 2.45) is 0 Å². The standard InChI is InChI=1S/4C32H19N3/c1-2-6-21-18(5-1)15-19-9-11-22-24(29(19)21)16-20-10-12-23-25-17-33-14-13-27(25)35-28-8-4-3-7-26(28)34-32(35)31(23)30(20)22;1-2-6-22-18(5-1)11-19-12-20-13-21-14-26-27(16-25(21)24(20)15-23(19)22)32-34-29-7-3-4-8-31(29)35(32)30-9-10-33-17-28(26)30;1-2-6-22-18(5-1)13-20-16-25-21(15-24(20)22)14-19-9-10-23-26-17-33-12-11-28(26)35-29-8-4-3-7-27(29)34-32(35)31(23)30(19)25;1-2-6-22-18(5-1)13-19-9-10-20-14-21-15-24-25(16-23(21)31(20)30(19)22)32-34-27-7-3-4-8-29(27)35(32)28-11-12-33-17-26(24)28/h1-14,17H,15-16H2;1-10,12,14-17H,11,13H2;2*1-12,15-17H,13-14H2. The molecule has 0 saturated heterocycles. The molecule has 12 nitrogen and oxygen atoms in total. The molecule has 0 fully saturated rings. The number of imidazole rings is 4. The van der Waals surface area contributed by atoms with E-state index in [9.17, 15) is 0 Å². The molecule has 16 aromatic carbocycles. The second kappa shape index (κ2) is 27.9. The van der Waals surface area contributed by atoms with Crippen LogP contribution in [-0.4, -0.2) is 57.5 Å². The Hall–Kier alpha value is -18.0.